The van der Waals surface area contributed by atoms with Crippen molar-refractivity contribution < 1.29 is 8.42 Å². The van der Waals surface area contributed by atoms with E-state index in [9.17, 15) is 8.42 Å². The zero-order valence-corrected chi connectivity index (χ0v) is 6.37. The van der Waals surface area contributed by atoms with Crippen molar-refractivity contribution in [1.29, 1.82) is 0 Å². The first-order valence-electron chi connectivity index (χ1n) is 2.20. The van der Waals surface area contributed by atoms with Gasteiger partial charge in [-0.15, -0.1) is 11.3 Å². The van der Waals surface area contributed by atoms with Gasteiger partial charge in [0.25, 0.3) is 0 Å². The zero-order chi connectivity index (χ0) is 6.91. The molecule has 0 N–H and O–H groups in total. The summed E-state index contributed by atoms with van der Waals surface area (Å²) in [6, 6.07) is 0. The average molecular weight is 163 g/mol. The molecule has 9 heavy (non-hydrogen) atoms. The minimum atomic E-state index is -3.05. The summed E-state index contributed by atoms with van der Waals surface area (Å²) in [5, 5.41) is 1.64. The predicted octanol–water partition coefficient (Wildman–Crippen LogP) is 0.547. The molecular weight excluding hydrogens is 158 g/mol. The first kappa shape index (κ1) is 6.70. The van der Waals surface area contributed by atoms with Crippen molar-refractivity contribution in [2.24, 2.45) is 0 Å². The maximum absolute atomic E-state index is 10.6. The largest absolute Gasteiger partial charge is 0.234 e. The van der Waals surface area contributed by atoms with E-state index in [1.807, 2.05) is 0 Å². The molecule has 0 amide bonds. The molecule has 50 valence electrons. The van der Waals surface area contributed by atoms with E-state index in [2.05, 4.69) is 4.98 Å². The highest BCUT2D eigenvalue weighted by Crippen LogP contribution is 2.10. The van der Waals surface area contributed by atoms with Gasteiger partial charge in [-0.3, -0.25) is 0 Å². The van der Waals surface area contributed by atoms with Crippen molar-refractivity contribution in [3.8, 4) is 0 Å². The molecule has 0 atom stereocenters. The fourth-order valence-electron chi connectivity index (χ4n) is 0.393. The summed E-state index contributed by atoms with van der Waals surface area (Å²) in [5.41, 5.74) is 0. The molecule has 0 spiro atoms. The van der Waals surface area contributed by atoms with Crippen molar-refractivity contribution in [3.63, 3.8) is 0 Å². The summed E-state index contributed by atoms with van der Waals surface area (Å²) in [5.74, 6) is 0. The van der Waals surface area contributed by atoms with E-state index >= 15 is 0 Å². The summed E-state index contributed by atoms with van der Waals surface area (Å²) in [6.07, 6.45) is 2.62. The summed E-state index contributed by atoms with van der Waals surface area (Å²) >= 11 is 1.13. The van der Waals surface area contributed by atoms with Crippen LogP contribution in [0.5, 0.6) is 0 Å². The van der Waals surface area contributed by atoms with Crippen LogP contribution >= 0.6 is 11.3 Å². The average Bonchev–Trinajstić information content (AvgIpc) is 2.08. The normalized spacial score (nSPS) is 11.7. The number of thiazole rings is 1. The molecule has 1 aromatic rings. The number of rotatable bonds is 1. The second-order valence-electron chi connectivity index (χ2n) is 1.57. The van der Waals surface area contributed by atoms with Gasteiger partial charge in [0.15, 0.2) is 0 Å². The van der Waals surface area contributed by atoms with Crippen LogP contribution in [0.25, 0.3) is 0 Å². The van der Waals surface area contributed by atoms with Gasteiger partial charge < -0.3 is 0 Å². The SMILES string of the molecule is CS(=O)(=O)c1nccs1. The van der Waals surface area contributed by atoms with Gasteiger partial charge in [-0.1, -0.05) is 0 Å². The van der Waals surface area contributed by atoms with Gasteiger partial charge in [0.1, 0.15) is 0 Å². The van der Waals surface area contributed by atoms with Gasteiger partial charge in [-0.25, -0.2) is 13.4 Å². The van der Waals surface area contributed by atoms with Crippen LogP contribution in [-0.4, -0.2) is 19.7 Å². The van der Waals surface area contributed by atoms with Crippen LogP contribution in [0.2, 0.25) is 0 Å². The van der Waals surface area contributed by atoms with Crippen molar-refractivity contribution in [3.05, 3.63) is 11.6 Å². The third-order valence-electron chi connectivity index (χ3n) is 0.727. The highest BCUT2D eigenvalue weighted by atomic mass is 32.2. The predicted molar refractivity (Wildman–Crippen MR) is 35.2 cm³/mol. The van der Waals surface area contributed by atoms with Crippen LogP contribution in [0.3, 0.4) is 0 Å². The molecule has 0 fully saturated rings. The molecular formula is C4H5NO2S2. The molecule has 0 bridgehead atoms. The standard InChI is InChI=1S/C4H5NO2S2/c1-9(6,7)4-5-2-3-8-4/h2-3H,1H3. The van der Waals surface area contributed by atoms with Crippen molar-refractivity contribution in [2.45, 2.75) is 4.34 Å². The maximum Gasteiger partial charge on any atom is 0.208 e. The van der Waals surface area contributed by atoms with Crippen molar-refractivity contribution in [2.75, 3.05) is 6.26 Å². The minimum absolute atomic E-state index is 0.183. The molecule has 0 aliphatic carbocycles. The van der Waals surface area contributed by atoms with E-state index in [-0.39, 0.29) is 4.34 Å². The Morgan fingerprint density at radius 2 is 2.33 bits per heavy atom. The quantitative estimate of drug-likeness (QED) is 0.607. The summed E-state index contributed by atoms with van der Waals surface area (Å²) in [7, 11) is -3.05. The van der Waals surface area contributed by atoms with E-state index in [0.717, 1.165) is 17.6 Å². The Kier molecular flexibility index (Phi) is 1.54. The summed E-state index contributed by atoms with van der Waals surface area (Å²) in [6.45, 7) is 0. The number of hydrogen-bond donors (Lipinski definition) is 0. The molecule has 5 heteroatoms. The lowest BCUT2D eigenvalue weighted by Crippen LogP contribution is -1.94. The van der Waals surface area contributed by atoms with Gasteiger partial charge >= 0.3 is 0 Å². The fraction of sp³-hybridized carbons (Fsp3) is 0.250. The molecule has 1 rings (SSSR count). The molecule has 0 aliphatic rings. The smallest absolute Gasteiger partial charge is 0.208 e. The number of sulfone groups is 1. The van der Waals surface area contributed by atoms with Crippen LogP contribution in [0.1, 0.15) is 0 Å². The second kappa shape index (κ2) is 2.07. The van der Waals surface area contributed by atoms with Gasteiger partial charge in [-0.05, 0) is 0 Å². The number of hydrogen-bond acceptors (Lipinski definition) is 4. The van der Waals surface area contributed by atoms with Crippen molar-refractivity contribution >= 4 is 21.2 Å². The van der Waals surface area contributed by atoms with Crippen LogP contribution in [-0.2, 0) is 9.84 Å². The molecule has 1 aromatic heterocycles. The Bertz CT molecular complexity index is 274. The van der Waals surface area contributed by atoms with E-state index in [4.69, 9.17) is 0 Å². The molecule has 0 radical (unpaired) electrons. The number of nitrogens with zero attached hydrogens (tertiary/aromatic N) is 1. The first-order valence-corrected chi connectivity index (χ1v) is 4.97. The van der Waals surface area contributed by atoms with E-state index in [1.165, 1.54) is 6.20 Å². The fourth-order valence-corrected chi connectivity index (χ4v) is 1.87. The maximum atomic E-state index is 10.6. The first-order chi connectivity index (χ1) is 4.11. The van der Waals surface area contributed by atoms with Gasteiger partial charge in [0.2, 0.25) is 14.2 Å². The minimum Gasteiger partial charge on any atom is -0.234 e. The molecule has 0 saturated carbocycles. The Morgan fingerprint density at radius 3 is 2.56 bits per heavy atom. The zero-order valence-electron chi connectivity index (χ0n) is 4.73. The monoisotopic (exact) mass is 163 g/mol. The topological polar surface area (TPSA) is 47.0 Å². The molecule has 0 aromatic carbocycles. The summed E-state index contributed by atoms with van der Waals surface area (Å²) in [4.78, 5) is 3.62. The Labute approximate surface area is 57.3 Å². The van der Waals surface area contributed by atoms with Crippen LogP contribution in [0.4, 0.5) is 0 Å². The van der Waals surface area contributed by atoms with Gasteiger partial charge in [0.05, 0.1) is 0 Å². The van der Waals surface area contributed by atoms with Crippen LogP contribution < -0.4 is 0 Å². The van der Waals surface area contributed by atoms with Crippen molar-refractivity contribution in [1.82, 2.24) is 4.98 Å². The van der Waals surface area contributed by atoms with E-state index in [1.54, 1.807) is 5.38 Å². The van der Waals surface area contributed by atoms with E-state index < -0.39 is 9.84 Å². The molecule has 1 heterocycles. The lowest BCUT2D eigenvalue weighted by molar-refractivity contribution is 0.601. The molecule has 0 unspecified atom stereocenters. The lowest BCUT2D eigenvalue weighted by atomic mass is 11.0. The van der Waals surface area contributed by atoms with Gasteiger partial charge in [0, 0.05) is 17.8 Å². The second-order valence-corrected chi connectivity index (χ2v) is 4.65. The molecule has 0 aliphatic heterocycles. The van der Waals surface area contributed by atoms with Crippen LogP contribution in [0.15, 0.2) is 15.9 Å². The Hall–Kier alpha value is -0.420. The molecule has 3 nitrogen and oxygen atoms in total. The summed E-state index contributed by atoms with van der Waals surface area (Å²) < 4.78 is 21.5. The highest BCUT2D eigenvalue weighted by molar-refractivity contribution is 7.92. The number of aromatic nitrogens is 1. The van der Waals surface area contributed by atoms with Gasteiger partial charge in [-0.2, -0.15) is 0 Å². The Morgan fingerprint density at radius 1 is 1.67 bits per heavy atom. The van der Waals surface area contributed by atoms with Crippen LogP contribution in [0, 0.1) is 0 Å². The highest BCUT2D eigenvalue weighted by Gasteiger charge is 2.07. The third-order valence-corrected chi connectivity index (χ3v) is 3.23. The Balaban J connectivity index is 3.20. The third kappa shape index (κ3) is 1.49. The van der Waals surface area contributed by atoms with E-state index in [0.29, 0.717) is 0 Å². The lowest BCUT2D eigenvalue weighted by Gasteiger charge is -1.84. The molecule has 0 saturated heterocycles.